The Bertz CT molecular complexity index is 417. The Balaban J connectivity index is 2.33. The molecule has 2 rings (SSSR count). The van der Waals surface area contributed by atoms with Crippen molar-refractivity contribution in [2.45, 2.75) is 26.3 Å². The topological polar surface area (TPSA) is 55.7 Å². The van der Waals surface area contributed by atoms with Gasteiger partial charge in [0.15, 0.2) is 11.5 Å². The molecular formula is C15H24N2O2. The Hall–Kier alpha value is -1.26. The van der Waals surface area contributed by atoms with Crippen molar-refractivity contribution in [2.75, 3.05) is 26.2 Å². The minimum Gasteiger partial charge on any atom is -0.504 e. The van der Waals surface area contributed by atoms with Crippen LogP contribution in [0.25, 0.3) is 0 Å². The van der Waals surface area contributed by atoms with Crippen molar-refractivity contribution in [3.63, 3.8) is 0 Å². The van der Waals surface area contributed by atoms with Gasteiger partial charge in [0.25, 0.3) is 0 Å². The summed E-state index contributed by atoms with van der Waals surface area (Å²) in [7, 11) is 0. The van der Waals surface area contributed by atoms with Crippen LogP contribution in [-0.2, 0) is 0 Å². The Morgan fingerprint density at radius 3 is 2.58 bits per heavy atom. The van der Waals surface area contributed by atoms with Crippen LogP contribution in [0.4, 0.5) is 0 Å². The molecule has 19 heavy (non-hydrogen) atoms. The standard InChI is InChI=1S/C15H24N2O2/c1-3-11(2)14(17-9-7-16-8-10-17)12-5-4-6-13(18)15(12)19/h4-6,11,14,16,18-19H,3,7-10H2,1-2H3/t11?,14-/m1/s1. The second-order valence-corrected chi connectivity index (χ2v) is 5.33. The molecule has 0 amide bonds. The number of para-hydroxylation sites is 1. The number of nitrogens with one attached hydrogen (secondary N) is 1. The molecule has 1 aromatic carbocycles. The second-order valence-electron chi connectivity index (χ2n) is 5.33. The smallest absolute Gasteiger partial charge is 0.162 e. The van der Waals surface area contributed by atoms with Gasteiger partial charge in [-0.1, -0.05) is 32.4 Å². The molecule has 106 valence electrons. The second kappa shape index (κ2) is 6.26. The van der Waals surface area contributed by atoms with Crippen molar-refractivity contribution in [1.82, 2.24) is 10.2 Å². The lowest BCUT2D eigenvalue weighted by Crippen LogP contribution is -2.46. The number of benzene rings is 1. The van der Waals surface area contributed by atoms with Crippen LogP contribution in [0.5, 0.6) is 11.5 Å². The molecule has 0 saturated carbocycles. The van der Waals surface area contributed by atoms with E-state index < -0.39 is 0 Å². The first kappa shape index (κ1) is 14.2. The van der Waals surface area contributed by atoms with E-state index in [1.54, 1.807) is 0 Å². The van der Waals surface area contributed by atoms with E-state index in [1.807, 2.05) is 12.1 Å². The summed E-state index contributed by atoms with van der Waals surface area (Å²) < 4.78 is 0. The molecule has 4 nitrogen and oxygen atoms in total. The molecule has 0 aromatic heterocycles. The van der Waals surface area contributed by atoms with Gasteiger partial charge in [0, 0.05) is 37.8 Å². The van der Waals surface area contributed by atoms with Crippen LogP contribution < -0.4 is 5.32 Å². The van der Waals surface area contributed by atoms with Crippen LogP contribution in [-0.4, -0.2) is 41.3 Å². The molecule has 0 bridgehead atoms. The van der Waals surface area contributed by atoms with Crippen molar-refractivity contribution in [3.05, 3.63) is 23.8 Å². The summed E-state index contributed by atoms with van der Waals surface area (Å²) in [5.41, 5.74) is 0.844. The molecule has 4 heteroatoms. The van der Waals surface area contributed by atoms with Gasteiger partial charge in [0.1, 0.15) is 0 Å². The summed E-state index contributed by atoms with van der Waals surface area (Å²) in [4.78, 5) is 2.40. The first-order valence-corrected chi connectivity index (χ1v) is 7.10. The fraction of sp³-hybridized carbons (Fsp3) is 0.600. The maximum absolute atomic E-state index is 10.2. The molecule has 1 aliphatic rings. The summed E-state index contributed by atoms with van der Waals surface area (Å²) in [5.74, 6) is 0.443. The molecule has 1 unspecified atom stereocenters. The highest BCUT2D eigenvalue weighted by Crippen LogP contribution is 2.39. The quantitative estimate of drug-likeness (QED) is 0.729. The fourth-order valence-corrected chi connectivity index (χ4v) is 2.83. The van der Waals surface area contributed by atoms with Gasteiger partial charge in [0.2, 0.25) is 0 Å². The number of hydrogen-bond acceptors (Lipinski definition) is 4. The highest BCUT2D eigenvalue weighted by molar-refractivity contribution is 5.46. The molecule has 2 atom stereocenters. The van der Waals surface area contributed by atoms with E-state index in [0.717, 1.165) is 38.2 Å². The van der Waals surface area contributed by atoms with Crippen LogP contribution in [0, 0.1) is 5.92 Å². The zero-order chi connectivity index (χ0) is 13.8. The monoisotopic (exact) mass is 264 g/mol. The van der Waals surface area contributed by atoms with Gasteiger partial charge in [0.05, 0.1) is 0 Å². The third kappa shape index (κ3) is 3.01. The first-order valence-electron chi connectivity index (χ1n) is 7.10. The van der Waals surface area contributed by atoms with Crippen LogP contribution >= 0.6 is 0 Å². The molecule has 1 aliphatic heterocycles. The lowest BCUT2D eigenvalue weighted by atomic mass is 9.89. The third-order valence-electron chi connectivity index (χ3n) is 4.09. The van der Waals surface area contributed by atoms with Gasteiger partial charge in [-0.05, 0) is 12.0 Å². The van der Waals surface area contributed by atoms with E-state index in [0.29, 0.717) is 5.92 Å². The highest BCUT2D eigenvalue weighted by atomic mass is 16.3. The van der Waals surface area contributed by atoms with Gasteiger partial charge < -0.3 is 15.5 Å². The largest absolute Gasteiger partial charge is 0.504 e. The van der Waals surface area contributed by atoms with Crippen LogP contribution in [0.15, 0.2) is 18.2 Å². The van der Waals surface area contributed by atoms with E-state index in [1.165, 1.54) is 6.07 Å². The molecule has 0 radical (unpaired) electrons. The van der Waals surface area contributed by atoms with E-state index in [-0.39, 0.29) is 17.5 Å². The third-order valence-corrected chi connectivity index (χ3v) is 4.09. The number of phenolic OH excluding ortho intramolecular Hbond substituents is 2. The predicted molar refractivity (Wildman–Crippen MR) is 76.4 cm³/mol. The van der Waals surface area contributed by atoms with Crippen molar-refractivity contribution >= 4 is 0 Å². The SMILES string of the molecule is CCC(C)[C@H](c1cccc(O)c1O)N1CCNCC1. The Morgan fingerprint density at radius 2 is 1.95 bits per heavy atom. The zero-order valence-corrected chi connectivity index (χ0v) is 11.8. The van der Waals surface area contributed by atoms with Crippen molar-refractivity contribution < 1.29 is 10.2 Å². The summed E-state index contributed by atoms with van der Waals surface area (Å²) in [6.07, 6.45) is 1.05. The maximum atomic E-state index is 10.2. The summed E-state index contributed by atoms with van der Waals surface area (Å²) in [5, 5.41) is 23.2. The molecular weight excluding hydrogens is 240 g/mol. The number of rotatable bonds is 4. The first-order chi connectivity index (χ1) is 9.15. The Kier molecular flexibility index (Phi) is 4.66. The molecule has 1 fully saturated rings. The van der Waals surface area contributed by atoms with Crippen molar-refractivity contribution in [1.29, 1.82) is 0 Å². The van der Waals surface area contributed by atoms with E-state index >= 15 is 0 Å². The lowest BCUT2D eigenvalue weighted by molar-refractivity contribution is 0.126. The number of hydrogen-bond donors (Lipinski definition) is 3. The lowest BCUT2D eigenvalue weighted by Gasteiger charge is -2.38. The van der Waals surface area contributed by atoms with E-state index in [9.17, 15) is 10.2 Å². The Morgan fingerprint density at radius 1 is 1.26 bits per heavy atom. The summed E-state index contributed by atoms with van der Waals surface area (Å²) in [6, 6.07) is 5.43. The van der Waals surface area contributed by atoms with Gasteiger partial charge in [-0.15, -0.1) is 0 Å². The molecule has 1 aromatic rings. The normalized spacial score (nSPS) is 20.1. The van der Waals surface area contributed by atoms with E-state index in [2.05, 4.69) is 24.1 Å². The molecule has 1 heterocycles. The van der Waals surface area contributed by atoms with Crippen molar-refractivity contribution in [2.24, 2.45) is 5.92 Å². The molecule has 3 N–H and O–H groups in total. The van der Waals surface area contributed by atoms with E-state index in [4.69, 9.17) is 0 Å². The Labute approximate surface area is 115 Å². The van der Waals surface area contributed by atoms with Gasteiger partial charge in [-0.3, -0.25) is 4.90 Å². The molecule has 0 aliphatic carbocycles. The summed E-state index contributed by atoms with van der Waals surface area (Å²) >= 11 is 0. The number of phenols is 2. The van der Waals surface area contributed by atoms with Gasteiger partial charge in [-0.2, -0.15) is 0 Å². The molecule has 1 saturated heterocycles. The average Bonchev–Trinajstić information content (AvgIpc) is 2.44. The number of aromatic hydroxyl groups is 2. The maximum Gasteiger partial charge on any atom is 0.162 e. The zero-order valence-electron chi connectivity index (χ0n) is 11.8. The summed E-state index contributed by atoms with van der Waals surface area (Å²) in [6.45, 7) is 8.28. The van der Waals surface area contributed by atoms with Crippen LogP contribution in [0.2, 0.25) is 0 Å². The highest BCUT2D eigenvalue weighted by Gasteiger charge is 2.29. The number of piperazine rings is 1. The van der Waals surface area contributed by atoms with Crippen LogP contribution in [0.1, 0.15) is 31.9 Å². The minimum atomic E-state index is -0.0269. The van der Waals surface area contributed by atoms with Gasteiger partial charge in [-0.25, -0.2) is 0 Å². The van der Waals surface area contributed by atoms with Gasteiger partial charge >= 0.3 is 0 Å². The van der Waals surface area contributed by atoms with Crippen LogP contribution in [0.3, 0.4) is 0 Å². The predicted octanol–water partition coefficient (Wildman–Crippen LogP) is 2.09. The number of nitrogens with zero attached hydrogens (tertiary/aromatic N) is 1. The molecule has 0 spiro atoms. The van der Waals surface area contributed by atoms with Crippen molar-refractivity contribution in [3.8, 4) is 11.5 Å². The minimum absolute atomic E-state index is 0.0269. The fourth-order valence-electron chi connectivity index (χ4n) is 2.83. The average molecular weight is 264 g/mol.